The first-order chi connectivity index (χ1) is 12.7. The standard InChI is InChI=1S/C22H27N3O/c1-14-3-4-15(2)20(9-14)24-17-10-16-13-26-8-7-25-21-5-6-23-12-19(21)18(11-17)22(16)25/h3-4,9-11,19,21,23-24H,5-8,12-13H2,1-2H3/t19-,21-/m0/s1. The van der Waals surface area contributed by atoms with Crippen molar-refractivity contribution in [3.63, 3.8) is 0 Å². The van der Waals surface area contributed by atoms with Gasteiger partial charge in [-0.25, -0.2) is 0 Å². The number of rotatable bonds is 2. The SMILES string of the molecule is Cc1ccc(C)c(Nc2cc3c4c(c2)[C@@H]2CNCC[C@@H]2N4CCOC3)c1. The van der Waals surface area contributed by atoms with Gasteiger partial charge in [0.15, 0.2) is 0 Å². The van der Waals surface area contributed by atoms with Gasteiger partial charge in [-0.2, -0.15) is 0 Å². The molecule has 0 radical (unpaired) electrons. The molecule has 4 heteroatoms. The summed E-state index contributed by atoms with van der Waals surface area (Å²) in [6.45, 7) is 9.07. The molecule has 0 aliphatic carbocycles. The van der Waals surface area contributed by atoms with E-state index in [-0.39, 0.29) is 0 Å². The van der Waals surface area contributed by atoms with E-state index in [9.17, 15) is 0 Å². The average molecular weight is 349 g/mol. The monoisotopic (exact) mass is 349 g/mol. The van der Waals surface area contributed by atoms with Crippen LogP contribution in [0.1, 0.15) is 34.6 Å². The molecular weight excluding hydrogens is 322 g/mol. The molecule has 5 rings (SSSR count). The summed E-state index contributed by atoms with van der Waals surface area (Å²) in [7, 11) is 0. The van der Waals surface area contributed by atoms with E-state index in [1.165, 1.54) is 45.7 Å². The highest BCUT2D eigenvalue weighted by molar-refractivity contribution is 5.75. The van der Waals surface area contributed by atoms with Crippen molar-refractivity contribution in [1.29, 1.82) is 0 Å². The van der Waals surface area contributed by atoms with Gasteiger partial charge < -0.3 is 20.3 Å². The van der Waals surface area contributed by atoms with Crippen LogP contribution in [0.2, 0.25) is 0 Å². The molecule has 3 aliphatic rings. The third-order valence-electron chi connectivity index (χ3n) is 6.16. The minimum absolute atomic E-state index is 0.593. The maximum absolute atomic E-state index is 5.92. The molecular formula is C22H27N3O. The molecule has 1 fully saturated rings. The Morgan fingerprint density at radius 2 is 2.12 bits per heavy atom. The third kappa shape index (κ3) is 2.60. The lowest BCUT2D eigenvalue weighted by molar-refractivity contribution is 0.130. The highest BCUT2D eigenvalue weighted by Gasteiger charge is 2.41. The van der Waals surface area contributed by atoms with Gasteiger partial charge in [0.25, 0.3) is 0 Å². The number of fused-ring (bicyclic) bond motifs is 3. The maximum atomic E-state index is 5.92. The van der Waals surface area contributed by atoms with Gasteiger partial charge in [0.1, 0.15) is 0 Å². The first-order valence-corrected chi connectivity index (χ1v) is 9.77. The Balaban J connectivity index is 1.58. The fraction of sp³-hybridized carbons (Fsp3) is 0.455. The Labute approximate surface area is 155 Å². The second-order valence-electron chi connectivity index (χ2n) is 7.93. The number of nitrogens with zero attached hydrogens (tertiary/aromatic N) is 1. The van der Waals surface area contributed by atoms with Crippen LogP contribution in [0.3, 0.4) is 0 Å². The van der Waals surface area contributed by atoms with Gasteiger partial charge in [-0.05, 0) is 61.7 Å². The fourth-order valence-electron chi connectivity index (χ4n) is 4.88. The van der Waals surface area contributed by atoms with Crippen molar-refractivity contribution >= 4 is 17.1 Å². The molecule has 2 N–H and O–H groups in total. The van der Waals surface area contributed by atoms with Crippen molar-refractivity contribution in [3.05, 3.63) is 52.6 Å². The van der Waals surface area contributed by atoms with E-state index in [0.717, 1.165) is 26.2 Å². The van der Waals surface area contributed by atoms with Crippen LogP contribution in [0.15, 0.2) is 30.3 Å². The molecule has 136 valence electrons. The summed E-state index contributed by atoms with van der Waals surface area (Å²) in [5, 5.41) is 7.28. The van der Waals surface area contributed by atoms with Crippen molar-refractivity contribution in [2.45, 2.75) is 38.8 Å². The van der Waals surface area contributed by atoms with Crippen LogP contribution in [-0.2, 0) is 11.3 Å². The second kappa shape index (κ2) is 6.29. The van der Waals surface area contributed by atoms with Crippen molar-refractivity contribution in [3.8, 4) is 0 Å². The van der Waals surface area contributed by atoms with Crippen LogP contribution in [0.5, 0.6) is 0 Å². The second-order valence-corrected chi connectivity index (χ2v) is 7.93. The molecule has 1 saturated heterocycles. The van der Waals surface area contributed by atoms with Crippen LogP contribution < -0.4 is 15.5 Å². The van der Waals surface area contributed by atoms with E-state index in [0.29, 0.717) is 18.6 Å². The molecule has 3 aliphatic heterocycles. The predicted octanol–water partition coefficient (Wildman–Crippen LogP) is 3.84. The van der Waals surface area contributed by atoms with Gasteiger partial charge in [0.05, 0.1) is 13.2 Å². The lowest BCUT2D eigenvalue weighted by Crippen LogP contribution is -2.44. The number of piperidine rings is 1. The summed E-state index contributed by atoms with van der Waals surface area (Å²) >= 11 is 0. The zero-order valence-corrected chi connectivity index (χ0v) is 15.6. The minimum atomic E-state index is 0.593. The van der Waals surface area contributed by atoms with Crippen molar-refractivity contribution in [2.75, 3.05) is 36.5 Å². The zero-order chi connectivity index (χ0) is 17.7. The van der Waals surface area contributed by atoms with E-state index in [1.54, 1.807) is 0 Å². The number of benzene rings is 2. The van der Waals surface area contributed by atoms with Gasteiger partial charge in [-0.1, -0.05) is 12.1 Å². The molecule has 0 aromatic heterocycles. The zero-order valence-electron chi connectivity index (χ0n) is 15.6. The highest BCUT2D eigenvalue weighted by atomic mass is 16.5. The van der Waals surface area contributed by atoms with Crippen molar-refractivity contribution in [2.24, 2.45) is 0 Å². The summed E-state index contributed by atoms with van der Waals surface area (Å²) in [4.78, 5) is 2.63. The first kappa shape index (κ1) is 16.2. The van der Waals surface area contributed by atoms with E-state index in [2.05, 4.69) is 59.7 Å². The average Bonchev–Trinajstić information content (AvgIpc) is 2.81. The summed E-state index contributed by atoms with van der Waals surface area (Å²) < 4.78 is 5.92. The normalized spacial score (nSPS) is 24.0. The number of aryl methyl sites for hydroxylation is 2. The van der Waals surface area contributed by atoms with Crippen LogP contribution in [-0.4, -0.2) is 32.3 Å². The highest BCUT2D eigenvalue weighted by Crippen LogP contribution is 2.47. The summed E-state index contributed by atoms with van der Waals surface area (Å²) in [5.41, 5.74) is 9.22. The molecule has 0 bridgehead atoms. The number of hydrogen-bond acceptors (Lipinski definition) is 4. The quantitative estimate of drug-likeness (QED) is 0.864. The summed E-state index contributed by atoms with van der Waals surface area (Å²) in [6.07, 6.45) is 1.22. The molecule has 3 heterocycles. The number of anilines is 3. The van der Waals surface area contributed by atoms with Gasteiger partial charge in [-0.15, -0.1) is 0 Å². The van der Waals surface area contributed by atoms with Crippen LogP contribution in [0.4, 0.5) is 17.1 Å². The van der Waals surface area contributed by atoms with Gasteiger partial charge in [0.2, 0.25) is 0 Å². The van der Waals surface area contributed by atoms with Crippen LogP contribution >= 0.6 is 0 Å². The first-order valence-electron chi connectivity index (χ1n) is 9.77. The molecule has 2 aromatic rings. The van der Waals surface area contributed by atoms with E-state index >= 15 is 0 Å². The third-order valence-corrected chi connectivity index (χ3v) is 6.16. The Kier molecular flexibility index (Phi) is 3.91. The molecule has 4 nitrogen and oxygen atoms in total. The minimum Gasteiger partial charge on any atom is -0.375 e. The molecule has 2 aromatic carbocycles. The molecule has 26 heavy (non-hydrogen) atoms. The molecule has 0 amide bonds. The summed E-state index contributed by atoms with van der Waals surface area (Å²) in [6, 6.07) is 11.9. The van der Waals surface area contributed by atoms with E-state index in [1.807, 2.05) is 0 Å². The number of hydrogen-bond donors (Lipinski definition) is 2. The lowest BCUT2D eigenvalue weighted by Gasteiger charge is -2.33. The topological polar surface area (TPSA) is 36.5 Å². The molecule has 0 unspecified atom stereocenters. The van der Waals surface area contributed by atoms with Gasteiger partial charge in [-0.3, -0.25) is 0 Å². The van der Waals surface area contributed by atoms with Crippen molar-refractivity contribution < 1.29 is 4.74 Å². The Morgan fingerprint density at radius 3 is 3.04 bits per heavy atom. The van der Waals surface area contributed by atoms with E-state index < -0.39 is 0 Å². The Morgan fingerprint density at radius 1 is 1.19 bits per heavy atom. The van der Waals surface area contributed by atoms with Gasteiger partial charge in [0, 0.05) is 47.7 Å². The van der Waals surface area contributed by atoms with Crippen LogP contribution in [0, 0.1) is 13.8 Å². The lowest BCUT2D eigenvalue weighted by atomic mass is 9.89. The largest absolute Gasteiger partial charge is 0.375 e. The Hall–Kier alpha value is -2.04. The number of ether oxygens (including phenoxy) is 1. The van der Waals surface area contributed by atoms with E-state index in [4.69, 9.17) is 4.74 Å². The predicted molar refractivity (Wildman–Crippen MR) is 107 cm³/mol. The maximum Gasteiger partial charge on any atom is 0.0738 e. The fourth-order valence-corrected chi connectivity index (χ4v) is 4.88. The molecule has 2 atom stereocenters. The summed E-state index contributed by atoms with van der Waals surface area (Å²) in [5.74, 6) is 0.593. The van der Waals surface area contributed by atoms with Crippen LogP contribution in [0.25, 0.3) is 0 Å². The molecule has 0 spiro atoms. The smallest absolute Gasteiger partial charge is 0.0738 e. The Bertz CT molecular complexity index is 848. The number of nitrogens with one attached hydrogen (secondary N) is 2. The molecule has 0 saturated carbocycles. The van der Waals surface area contributed by atoms with Crippen molar-refractivity contribution in [1.82, 2.24) is 5.32 Å². The van der Waals surface area contributed by atoms with Gasteiger partial charge >= 0.3 is 0 Å².